The van der Waals surface area contributed by atoms with Crippen LogP contribution in [0.1, 0.15) is 13.8 Å². The van der Waals surface area contributed by atoms with Crippen LogP contribution in [0, 0.1) is 0 Å². The number of nitrogen functional groups attached to an aromatic ring is 1. The van der Waals surface area contributed by atoms with Crippen LogP contribution in [0.15, 0.2) is 12.3 Å². The van der Waals surface area contributed by atoms with Crippen molar-refractivity contribution in [2.75, 3.05) is 50.2 Å². The van der Waals surface area contributed by atoms with Gasteiger partial charge in [0.2, 0.25) is 5.95 Å². The molecule has 0 amide bonds. The van der Waals surface area contributed by atoms with Gasteiger partial charge in [0.05, 0.1) is 13.2 Å². The molecular formula is C12H22N4O2. The molecule has 1 rings (SSSR count). The van der Waals surface area contributed by atoms with Gasteiger partial charge in [0, 0.05) is 32.5 Å². The molecule has 0 spiro atoms. The summed E-state index contributed by atoms with van der Waals surface area (Å²) in [6, 6.07) is 1.67. The van der Waals surface area contributed by atoms with E-state index in [1.54, 1.807) is 12.3 Å². The summed E-state index contributed by atoms with van der Waals surface area (Å²) in [5, 5.41) is 0. The highest BCUT2D eigenvalue weighted by molar-refractivity contribution is 5.37. The number of aromatic nitrogens is 2. The van der Waals surface area contributed by atoms with E-state index in [1.807, 2.05) is 18.7 Å². The van der Waals surface area contributed by atoms with E-state index in [-0.39, 0.29) is 0 Å². The van der Waals surface area contributed by atoms with Crippen LogP contribution in [-0.2, 0) is 9.47 Å². The average molecular weight is 254 g/mol. The van der Waals surface area contributed by atoms with Crippen LogP contribution in [-0.4, -0.2) is 49.5 Å². The second-order valence-electron chi connectivity index (χ2n) is 3.66. The van der Waals surface area contributed by atoms with Gasteiger partial charge in [-0.15, -0.1) is 0 Å². The first-order chi connectivity index (χ1) is 8.77. The minimum Gasteiger partial charge on any atom is -0.384 e. The largest absolute Gasteiger partial charge is 0.384 e. The SMILES string of the molecule is CCOCCN(CCOCC)c1nccc(N)n1. The van der Waals surface area contributed by atoms with Crippen molar-refractivity contribution in [2.24, 2.45) is 0 Å². The molecule has 0 saturated heterocycles. The minimum absolute atomic E-state index is 0.470. The van der Waals surface area contributed by atoms with Crippen LogP contribution < -0.4 is 10.6 Å². The topological polar surface area (TPSA) is 73.5 Å². The molecule has 0 unspecified atom stereocenters. The Balaban J connectivity index is 2.57. The van der Waals surface area contributed by atoms with Crippen molar-refractivity contribution < 1.29 is 9.47 Å². The zero-order chi connectivity index (χ0) is 13.2. The molecule has 0 saturated carbocycles. The second kappa shape index (κ2) is 8.66. The predicted molar refractivity (Wildman–Crippen MR) is 71.6 cm³/mol. The molecule has 18 heavy (non-hydrogen) atoms. The average Bonchev–Trinajstić information content (AvgIpc) is 2.37. The Morgan fingerprint density at radius 1 is 1.17 bits per heavy atom. The predicted octanol–water partition coefficient (Wildman–Crippen LogP) is 0.938. The summed E-state index contributed by atoms with van der Waals surface area (Å²) in [6.45, 7) is 8.09. The van der Waals surface area contributed by atoms with Crippen LogP contribution in [0.3, 0.4) is 0 Å². The van der Waals surface area contributed by atoms with Gasteiger partial charge < -0.3 is 20.1 Å². The maximum atomic E-state index is 5.67. The summed E-state index contributed by atoms with van der Waals surface area (Å²) in [5.74, 6) is 1.09. The molecule has 0 atom stereocenters. The molecular weight excluding hydrogens is 232 g/mol. The summed E-state index contributed by atoms with van der Waals surface area (Å²) in [7, 11) is 0. The van der Waals surface area contributed by atoms with Crippen molar-refractivity contribution in [3.05, 3.63) is 12.3 Å². The van der Waals surface area contributed by atoms with Gasteiger partial charge in [0.25, 0.3) is 0 Å². The van der Waals surface area contributed by atoms with E-state index in [2.05, 4.69) is 9.97 Å². The van der Waals surface area contributed by atoms with Gasteiger partial charge in [-0.2, -0.15) is 4.98 Å². The van der Waals surface area contributed by atoms with Crippen molar-refractivity contribution in [1.29, 1.82) is 0 Å². The van der Waals surface area contributed by atoms with Crippen LogP contribution >= 0.6 is 0 Å². The highest BCUT2D eigenvalue weighted by Gasteiger charge is 2.09. The maximum absolute atomic E-state index is 5.67. The van der Waals surface area contributed by atoms with Gasteiger partial charge in [0.15, 0.2) is 0 Å². The molecule has 0 bridgehead atoms. The fourth-order valence-electron chi connectivity index (χ4n) is 1.46. The Morgan fingerprint density at radius 2 is 1.78 bits per heavy atom. The van der Waals surface area contributed by atoms with Crippen LogP contribution in [0.5, 0.6) is 0 Å². The number of nitrogens with two attached hydrogens (primary N) is 1. The Labute approximate surface area is 108 Å². The summed E-state index contributed by atoms with van der Waals surface area (Å²) in [6.07, 6.45) is 1.66. The van der Waals surface area contributed by atoms with Gasteiger partial charge in [-0.1, -0.05) is 0 Å². The zero-order valence-electron chi connectivity index (χ0n) is 11.1. The maximum Gasteiger partial charge on any atom is 0.227 e. The number of ether oxygens (including phenoxy) is 2. The molecule has 0 aromatic carbocycles. The molecule has 6 heteroatoms. The van der Waals surface area contributed by atoms with E-state index in [9.17, 15) is 0 Å². The standard InChI is InChI=1S/C12H22N4O2/c1-3-17-9-7-16(8-10-18-4-2)12-14-6-5-11(13)15-12/h5-6H,3-4,7-10H2,1-2H3,(H2,13,14,15). The normalized spacial score (nSPS) is 10.6. The number of rotatable bonds is 9. The summed E-state index contributed by atoms with van der Waals surface area (Å²) >= 11 is 0. The van der Waals surface area contributed by atoms with Crippen LogP contribution in [0.25, 0.3) is 0 Å². The first-order valence-electron chi connectivity index (χ1n) is 6.26. The summed E-state index contributed by atoms with van der Waals surface area (Å²) in [4.78, 5) is 10.4. The molecule has 6 nitrogen and oxygen atoms in total. The first kappa shape index (κ1) is 14.7. The Bertz CT molecular complexity index is 326. The van der Waals surface area contributed by atoms with E-state index >= 15 is 0 Å². The number of hydrogen-bond donors (Lipinski definition) is 1. The van der Waals surface area contributed by atoms with Crippen molar-refractivity contribution in [3.8, 4) is 0 Å². The number of hydrogen-bond acceptors (Lipinski definition) is 6. The van der Waals surface area contributed by atoms with Crippen LogP contribution in [0.4, 0.5) is 11.8 Å². The molecule has 0 radical (unpaired) electrons. The van der Waals surface area contributed by atoms with Crippen molar-refractivity contribution in [2.45, 2.75) is 13.8 Å². The lowest BCUT2D eigenvalue weighted by Gasteiger charge is -2.22. The van der Waals surface area contributed by atoms with Gasteiger partial charge in [-0.25, -0.2) is 4.98 Å². The molecule has 1 aromatic rings. The molecule has 0 aliphatic carbocycles. The fourth-order valence-corrected chi connectivity index (χ4v) is 1.46. The molecule has 2 N–H and O–H groups in total. The number of anilines is 2. The molecule has 102 valence electrons. The minimum atomic E-state index is 0.470. The lowest BCUT2D eigenvalue weighted by atomic mass is 10.5. The van der Waals surface area contributed by atoms with E-state index in [4.69, 9.17) is 15.2 Å². The molecule has 0 fully saturated rings. The van der Waals surface area contributed by atoms with Crippen molar-refractivity contribution >= 4 is 11.8 Å². The molecule has 1 heterocycles. The van der Waals surface area contributed by atoms with Gasteiger partial charge >= 0.3 is 0 Å². The third kappa shape index (κ3) is 5.29. The molecule has 1 aromatic heterocycles. The van der Waals surface area contributed by atoms with Crippen molar-refractivity contribution in [1.82, 2.24) is 9.97 Å². The zero-order valence-corrected chi connectivity index (χ0v) is 11.1. The quantitative estimate of drug-likeness (QED) is 0.661. The molecule has 0 aliphatic heterocycles. The van der Waals surface area contributed by atoms with E-state index in [0.29, 0.717) is 38.2 Å². The van der Waals surface area contributed by atoms with Gasteiger partial charge in [-0.05, 0) is 19.9 Å². The van der Waals surface area contributed by atoms with E-state index < -0.39 is 0 Å². The third-order valence-corrected chi connectivity index (χ3v) is 2.37. The number of nitrogens with zero attached hydrogens (tertiary/aromatic N) is 3. The third-order valence-electron chi connectivity index (χ3n) is 2.37. The Morgan fingerprint density at radius 3 is 2.28 bits per heavy atom. The Kier molecular flexibility index (Phi) is 7.05. The van der Waals surface area contributed by atoms with E-state index in [1.165, 1.54) is 0 Å². The summed E-state index contributed by atoms with van der Waals surface area (Å²) < 4.78 is 10.7. The Hall–Kier alpha value is -1.40. The lowest BCUT2D eigenvalue weighted by Crippen LogP contribution is -2.32. The highest BCUT2D eigenvalue weighted by Crippen LogP contribution is 2.08. The fraction of sp³-hybridized carbons (Fsp3) is 0.667. The van der Waals surface area contributed by atoms with Crippen molar-refractivity contribution in [3.63, 3.8) is 0 Å². The molecule has 0 aliphatic rings. The second-order valence-corrected chi connectivity index (χ2v) is 3.66. The van der Waals surface area contributed by atoms with Gasteiger partial charge in [-0.3, -0.25) is 0 Å². The van der Waals surface area contributed by atoms with E-state index in [0.717, 1.165) is 13.1 Å². The smallest absolute Gasteiger partial charge is 0.227 e. The summed E-state index contributed by atoms with van der Waals surface area (Å²) in [5.41, 5.74) is 5.67. The van der Waals surface area contributed by atoms with Crippen LogP contribution in [0.2, 0.25) is 0 Å². The monoisotopic (exact) mass is 254 g/mol. The lowest BCUT2D eigenvalue weighted by molar-refractivity contribution is 0.141. The highest BCUT2D eigenvalue weighted by atomic mass is 16.5. The first-order valence-corrected chi connectivity index (χ1v) is 6.26. The van der Waals surface area contributed by atoms with Gasteiger partial charge in [0.1, 0.15) is 5.82 Å².